The molecular weight excluding hydrogens is 440 g/mol. The van der Waals surface area contributed by atoms with Crippen molar-refractivity contribution in [3.8, 4) is 17.1 Å². The molecule has 32 heavy (non-hydrogen) atoms. The van der Waals surface area contributed by atoms with Gasteiger partial charge in [-0.05, 0) is 53.2 Å². The molecule has 0 aliphatic carbocycles. The molecule has 0 aliphatic rings. The van der Waals surface area contributed by atoms with Gasteiger partial charge >= 0.3 is 0 Å². The maximum absolute atomic E-state index is 12.9. The molecule has 5 nitrogen and oxygen atoms in total. The van der Waals surface area contributed by atoms with Gasteiger partial charge in [0.1, 0.15) is 0 Å². The molecule has 5 aromatic rings. The molecule has 5 rings (SSSR count). The smallest absolute Gasteiger partial charge is 0.196 e. The molecule has 0 amide bonds. The molecule has 2 heterocycles. The van der Waals surface area contributed by atoms with E-state index >= 15 is 0 Å². The summed E-state index contributed by atoms with van der Waals surface area (Å²) in [6, 6.07) is 25.0. The van der Waals surface area contributed by atoms with E-state index in [1.165, 1.54) is 11.8 Å². The summed E-state index contributed by atoms with van der Waals surface area (Å²) in [6.45, 7) is 0. The number of ketones is 1. The number of rotatable bonds is 6. The molecule has 7 heteroatoms. The largest absolute Gasteiger partial charge is 0.293 e. The lowest BCUT2D eigenvalue weighted by Gasteiger charge is -2.10. The Morgan fingerprint density at radius 1 is 0.875 bits per heavy atom. The highest BCUT2D eigenvalue weighted by molar-refractivity contribution is 7.99. The first-order chi connectivity index (χ1) is 15.7. The number of nitrogens with zero attached hydrogens (tertiary/aromatic N) is 4. The molecule has 0 fully saturated rings. The minimum atomic E-state index is 0.0388. The number of aromatic nitrogens is 4. The summed E-state index contributed by atoms with van der Waals surface area (Å²) in [5.41, 5.74) is 2.44. The summed E-state index contributed by atoms with van der Waals surface area (Å²) in [7, 11) is 0. The predicted octanol–water partition coefficient (Wildman–Crippen LogP) is 6.11. The lowest BCUT2D eigenvalue weighted by Crippen LogP contribution is -2.05. The van der Waals surface area contributed by atoms with E-state index in [2.05, 4.69) is 15.2 Å². The van der Waals surface area contributed by atoms with Gasteiger partial charge in [-0.25, -0.2) is 0 Å². The number of carbonyl (C=O) groups is 1. The van der Waals surface area contributed by atoms with E-state index < -0.39 is 0 Å². The average Bonchev–Trinajstić information content (AvgIpc) is 3.27. The van der Waals surface area contributed by atoms with E-state index in [0.717, 1.165) is 22.0 Å². The van der Waals surface area contributed by atoms with E-state index in [0.29, 0.717) is 21.6 Å². The van der Waals surface area contributed by atoms with Crippen LogP contribution in [-0.2, 0) is 0 Å². The van der Waals surface area contributed by atoms with E-state index in [-0.39, 0.29) is 11.5 Å². The van der Waals surface area contributed by atoms with Gasteiger partial charge in [-0.15, -0.1) is 10.2 Å². The topological polar surface area (TPSA) is 60.7 Å². The Bertz CT molecular complexity index is 1400. The molecule has 0 radical (unpaired) electrons. The van der Waals surface area contributed by atoms with Crippen LogP contribution in [0.2, 0.25) is 5.02 Å². The van der Waals surface area contributed by atoms with Crippen LogP contribution < -0.4 is 0 Å². The zero-order valence-electron chi connectivity index (χ0n) is 16.9. The third kappa shape index (κ3) is 4.15. The number of pyridine rings is 1. The van der Waals surface area contributed by atoms with Crippen molar-refractivity contribution in [1.29, 1.82) is 0 Å². The number of Topliss-reactive ketones (excluding diaryl/α,β-unsaturated/α-hetero) is 1. The molecular formula is C25H17ClN4OS. The highest BCUT2D eigenvalue weighted by atomic mass is 35.5. The summed E-state index contributed by atoms with van der Waals surface area (Å²) in [6.07, 6.45) is 3.43. The van der Waals surface area contributed by atoms with Gasteiger partial charge in [-0.2, -0.15) is 0 Å². The Balaban J connectivity index is 1.45. The van der Waals surface area contributed by atoms with Crippen molar-refractivity contribution < 1.29 is 4.79 Å². The van der Waals surface area contributed by atoms with Gasteiger partial charge in [0.05, 0.1) is 5.75 Å². The third-order valence-electron chi connectivity index (χ3n) is 5.06. The number of hydrogen-bond donors (Lipinski definition) is 0. The lowest BCUT2D eigenvalue weighted by molar-refractivity contribution is 0.102. The molecule has 2 aromatic heterocycles. The molecule has 0 saturated heterocycles. The van der Waals surface area contributed by atoms with E-state index in [1.54, 1.807) is 12.4 Å². The fourth-order valence-corrected chi connectivity index (χ4v) is 4.42. The molecule has 0 aliphatic heterocycles. The monoisotopic (exact) mass is 456 g/mol. The molecule has 0 spiro atoms. The van der Waals surface area contributed by atoms with Crippen LogP contribution >= 0.6 is 23.4 Å². The zero-order valence-corrected chi connectivity index (χ0v) is 18.4. The Morgan fingerprint density at radius 3 is 2.41 bits per heavy atom. The van der Waals surface area contributed by atoms with Crippen LogP contribution in [0.15, 0.2) is 96.4 Å². The normalized spacial score (nSPS) is 11.0. The first-order valence-corrected chi connectivity index (χ1v) is 11.3. The summed E-state index contributed by atoms with van der Waals surface area (Å²) < 4.78 is 1.93. The summed E-state index contributed by atoms with van der Waals surface area (Å²) >= 11 is 7.44. The van der Waals surface area contributed by atoms with E-state index in [1.807, 2.05) is 83.4 Å². The van der Waals surface area contributed by atoms with Gasteiger partial charge < -0.3 is 0 Å². The van der Waals surface area contributed by atoms with E-state index in [9.17, 15) is 4.79 Å². The van der Waals surface area contributed by atoms with Gasteiger partial charge in [0.15, 0.2) is 16.8 Å². The molecule has 0 bridgehead atoms. The standard InChI is InChI=1S/C25H17ClN4OS/c26-21-7-9-22(10-8-21)30-24(18-11-13-27-14-12-18)28-29-25(30)32-16-23(31)20-6-5-17-3-1-2-4-19(17)15-20/h1-15H,16H2. The minimum Gasteiger partial charge on any atom is -0.293 e. The van der Waals surface area contributed by atoms with Gasteiger partial charge in [0.2, 0.25) is 0 Å². The first-order valence-electron chi connectivity index (χ1n) is 9.95. The van der Waals surface area contributed by atoms with Crippen molar-refractivity contribution in [2.24, 2.45) is 0 Å². The van der Waals surface area contributed by atoms with Crippen molar-refractivity contribution in [2.75, 3.05) is 5.75 Å². The van der Waals surface area contributed by atoms with Gasteiger partial charge in [-0.1, -0.05) is 59.8 Å². The number of carbonyl (C=O) groups excluding carboxylic acids is 1. The Hall–Kier alpha value is -3.48. The van der Waals surface area contributed by atoms with Crippen LogP contribution in [0.25, 0.3) is 27.8 Å². The fraction of sp³-hybridized carbons (Fsp3) is 0.0400. The molecule has 0 atom stereocenters. The second kappa shape index (κ2) is 8.94. The second-order valence-electron chi connectivity index (χ2n) is 7.13. The lowest BCUT2D eigenvalue weighted by atomic mass is 10.1. The first kappa shape index (κ1) is 20.4. The van der Waals surface area contributed by atoms with Crippen molar-refractivity contribution in [3.63, 3.8) is 0 Å². The Labute approximate surface area is 194 Å². The summed E-state index contributed by atoms with van der Waals surface area (Å²) in [5.74, 6) is 0.965. The van der Waals surface area contributed by atoms with Crippen LogP contribution in [0, 0.1) is 0 Å². The Kier molecular flexibility index (Phi) is 5.71. The third-order valence-corrected chi connectivity index (χ3v) is 6.24. The molecule has 0 unspecified atom stereocenters. The van der Waals surface area contributed by atoms with Gasteiger partial charge in [-0.3, -0.25) is 14.3 Å². The maximum atomic E-state index is 12.9. The van der Waals surface area contributed by atoms with Gasteiger partial charge in [0.25, 0.3) is 0 Å². The van der Waals surface area contributed by atoms with Crippen molar-refractivity contribution >= 4 is 39.9 Å². The highest BCUT2D eigenvalue weighted by Gasteiger charge is 2.18. The second-order valence-corrected chi connectivity index (χ2v) is 8.51. The van der Waals surface area contributed by atoms with Crippen LogP contribution in [0.5, 0.6) is 0 Å². The van der Waals surface area contributed by atoms with Crippen LogP contribution in [-0.4, -0.2) is 31.3 Å². The summed E-state index contributed by atoms with van der Waals surface area (Å²) in [5, 5.41) is 12.2. The number of benzene rings is 3. The van der Waals surface area contributed by atoms with Gasteiger partial charge in [0, 0.05) is 34.2 Å². The van der Waals surface area contributed by atoms with Crippen LogP contribution in [0.4, 0.5) is 0 Å². The number of fused-ring (bicyclic) bond motifs is 1. The fourth-order valence-electron chi connectivity index (χ4n) is 3.45. The molecule has 0 saturated carbocycles. The quantitative estimate of drug-likeness (QED) is 0.228. The molecule has 3 aromatic carbocycles. The number of thioether (sulfide) groups is 1. The SMILES string of the molecule is O=C(CSc1nnc(-c2ccncc2)n1-c1ccc(Cl)cc1)c1ccc2ccccc2c1. The Morgan fingerprint density at radius 2 is 1.62 bits per heavy atom. The predicted molar refractivity (Wildman–Crippen MR) is 129 cm³/mol. The van der Waals surface area contributed by atoms with Crippen molar-refractivity contribution in [1.82, 2.24) is 19.7 Å². The summed E-state index contributed by atoms with van der Waals surface area (Å²) in [4.78, 5) is 17.0. The van der Waals surface area contributed by atoms with Crippen molar-refractivity contribution in [2.45, 2.75) is 5.16 Å². The maximum Gasteiger partial charge on any atom is 0.196 e. The van der Waals surface area contributed by atoms with Crippen LogP contribution in [0.1, 0.15) is 10.4 Å². The van der Waals surface area contributed by atoms with Crippen LogP contribution in [0.3, 0.4) is 0 Å². The highest BCUT2D eigenvalue weighted by Crippen LogP contribution is 2.29. The number of halogens is 1. The van der Waals surface area contributed by atoms with Crippen molar-refractivity contribution in [3.05, 3.63) is 102 Å². The average molecular weight is 457 g/mol. The number of hydrogen-bond acceptors (Lipinski definition) is 5. The minimum absolute atomic E-state index is 0.0388. The molecule has 0 N–H and O–H groups in total. The zero-order chi connectivity index (χ0) is 21.9. The van der Waals surface area contributed by atoms with E-state index in [4.69, 9.17) is 11.6 Å². The molecule has 156 valence electrons.